The Bertz CT molecular complexity index is 849. The Morgan fingerprint density at radius 3 is 2.06 bits per heavy atom. The molecule has 3 heteroatoms. The average molecular weight is 419 g/mol. The maximum Gasteiger partial charge on any atom is 0.201 e. The molecule has 1 heterocycles. The molecule has 0 N–H and O–H groups in total. The first-order valence-electron chi connectivity index (χ1n) is 12.0. The van der Waals surface area contributed by atoms with Crippen LogP contribution in [0.5, 0.6) is 0 Å². The van der Waals surface area contributed by atoms with Gasteiger partial charge in [0.05, 0.1) is 6.61 Å². The van der Waals surface area contributed by atoms with Crippen LogP contribution in [0.4, 0.5) is 0 Å². The Balaban J connectivity index is 1.15. The average Bonchev–Trinajstić information content (AvgIpc) is 2.86. The van der Waals surface area contributed by atoms with Crippen LogP contribution < -0.4 is 0 Å². The summed E-state index contributed by atoms with van der Waals surface area (Å²) in [6.07, 6.45) is 10.3. The van der Waals surface area contributed by atoms with E-state index in [9.17, 15) is 0 Å². The van der Waals surface area contributed by atoms with Crippen LogP contribution in [0.25, 0.3) is 5.57 Å². The highest BCUT2D eigenvalue weighted by atomic mass is 17.2. The second kappa shape index (κ2) is 9.28. The van der Waals surface area contributed by atoms with E-state index in [1.165, 1.54) is 43.2 Å². The fourth-order valence-electron chi connectivity index (χ4n) is 5.52. The van der Waals surface area contributed by atoms with Gasteiger partial charge in [0.1, 0.15) is 6.10 Å². The van der Waals surface area contributed by atoms with Crippen LogP contribution in [0.15, 0.2) is 61.2 Å². The summed E-state index contributed by atoms with van der Waals surface area (Å²) in [7, 11) is 0. The Labute approximate surface area is 186 Å². The summed E-state index contributed by atoms with van der Waals surface area (Å²) in [5.74, 6) is 0.710. The predicted octanol–water partition coefficient (Wildman–Crippen LogP) is 7.15. The van der Waals surface area contributed by atoms with Crippen LogP contribution in [-0.4, -0.2) is 18.5 Å². The topological polar surface area (TPSA) is 27.7 Å². The van der Waals surface area contributed by atoms with E-state index in [-0.39, 0.29) is 6.10 Å². The fraction of sp³-hybridized carbons (Fsp3) is 0.500. The van der Waals surface area contributed by atoms with Crippen molar-refractivity contribution in [3.05, 3.63) is 77.9 Å². The lowest BCUT2D eigenvalue weighted by Crippen LogP contribution is -2.47. The van der Waals surface area contributed by atoms with E-state index in [0.29, 0.717) is 12.5 Å². The summed E-state index contributed by atoms with van der Waals surface area (Å²) in [5, 5.41) is 0. The van der Waals surface area contributed by atoms with Crippen LogP contribution in [0.2, 0.25) is 0 Å². The molecule has 0 amide bonds. The summed E-state index contributed by atoms with van der Waals surface area (Å²) >= 11 is 0. The monoisotopic (exact) mass is 418 g/mol. The minimum atomic E-state index is -0.590. The second-order valence-corrected chi connectivity index (χ2v) is 9.56. The molecule has 0 aromatic heterocycles. The molecule has 164 valence electrons. The molecule has 31 heavy (non-hydrogen) atoms. The van der Waals surface area contributed by atoms with E-state index in [1.54, 1.807) is 0 Å². The van der Waals surface area contributed by atoms with Gasteiger partial charge in [0.25, 0.3) is 0 Å². The molecule has 1 atom stereocenters. The molecule has 0 bridgehead atoms. The standard InChI is InChI=1S/C28H34O3/c1-21(22-12-14-25(15-13-22)23-8-4-2-5-9-23)27-20-29-28(31-30-27)18-16-26(17-19-28)24-10-6-3-7-11-24/h3,6-7,10-15,23,26-27H,1-2,4-5,8-9,16-20H2. The molecule has 2 saturated carbocycles. The Morgan fingerprint density at radius 1 is 0.774 bits per heavy atom. The SMILES string of the molecule is C=C(c1ccc(C2CCCCC2)cc1)C1COC2(CCC(c3ccccc3)CC2)OO1. The van der Waals surface area contributed by atoms with Crippen molar-refractivity contribution in [1.29, 1.82) is 0 Å². The van der Waals surface area contributed by atoms with Gasteiger partial charge in [-0.3, -0.25) is 0 Å². The molecule has 2 aromatic rings. The summed E-state index contributed by atoms with van der Waals surface area (Å²) < 4.78 is 6.26. The zero-order chi connectivity index (χ0) is 21.1. The zero-order valence-corrected chi connectivity index (χ0v) is 18.4. The molecule has 1 aliphatic heterocycles. The zero-order valence-electron chi connectivity index (χ0n) is 18.4. The third kappa shape index (κ3) is 4.64. The van der Waals surface area contributed by atoms with Gasteiger partial charge in [-0.15, -0.1) is 0 Å². The molecule has 0 radical (unpaired) electrons. The third-order valence-corrected chi connectivity index (χ3v) is 7.58. The van der Waals surface area contributed by atoms with Gasteiger partial charge in [-0.2, -0.15) is 0 Å². The quantitative estimate of drug-likeness (QED) is 0.494. The van der Waals surface area contributed by atoms with Crippen LogP contribution in [-0.2, 0) is 14.5 Å². The minimum absolute atomic E-state index is 0.252. The van der Waals surface area contributed by atoms with Gasteiger partial charge in [-0.1, -0.05) is 80.4 Å². The Morgan fingerprint density at radius 2 is 1.42 bits per heavy atom. The van der Waals surface area contributed by atoms with Gasteiger partial charge in [-0.25, -0.2) is 9.78 Å². The third-order valence-electron chi connectivity index (χ3n) is 7.58. The lowest BCUT2D eigenvalue weighted by molar-refractivity contribution is -0.483. The van der Waals surface area contributed by atoms with Crippen molar-refractivity contribution in [3.8, 4) is 0 Å². The first-order chi connectivity index (χ1) is 15.2. The van der Waals surface area contributed by atoms with E-state index in [4.69, 9.17) is 14.5 Å². The van der Waals surface area contributed by atoms with Crippen molar-refractivity contribution in [1.82, 2.24) is 0 Å². The van der Waals surface area contributed by atoms with E-state index in [1.807, 2.05) is 0 Å². The van der Waals surface area contributed by atoms with Crippen molar-refractivity contribution in [3.63, 3.8) is 0 Å². The van der Waals surface area contributed by atoms with Crippen molar-refractivity contribution >= 4 is 5.57 Å². The van der Waals surface area contributed by atoms with Crippen LogP contribution in [0.1, 0.15) is 86.3 Å². The lowest BCUT2D eigenvalue weighted by Gasteiger charge is -2.43. The van der Waals surface area contributed by atoms with E-state index < -0.39 is 5.79 Å². The fourth-order valence-corrected chi connectivity index (χ4v) is 5.52. The summed E-state index contributed by atoms with van der Waals surface area (Å²) in [5.41, 5.74) is 4.92. The van der Waals surface area contributed by atoms with Gasteiger partial charge in [-0.05, 0) is 59.8 Å². The highest BCUT2D eigenvalue weighted by Crippen LogP contribution is 2.43. The van der Waals surface area contributed by atoms with E-state index >= 15 is 0 Å². The van der Waals surface area contributed by atoms with Gasteiger partial charge in [0.15, 0.2) is 0 Å². The van der Waals surface area contributed by atoms with Crippen molar-refractivity contribution in [2.24, 2.45) is 0 Å². The first kappa shape index (κ1) is 20.9. The molecule has 3 fully saturated rings. The Hall–Kier alpha value is -1.94. The van der Waals surface area contributed by atoms with Crippen LogP contribution in [0, 0.1) is 0 Å². The molecular formula is C28H34O3. The van der Waals surface area contributed by atoms with E-state index in [2.05, 4.69) is 61.2 Å². The first-order valence-corrected chi connectivity index (χ1v) is 12.0. The van der Waals surface area contributed by atoms with Crippen molar-refractivity contribution in [2.75, 3.05) is 6.61 Å². The van der Waals surface area contributed by atoms with Gasteiger partial charge in [0, 0.05) is 12.8 Å². The molecule has 3 nitrogen and oxygen atoms in total. The summed E-state index contributed by atoms with van der Waals surface area (Å²) in [6.45, 7) is 4.79. The number of hydrogen-bond acceptors (Lipinski definition) is 3. The van der Waals surface area contributed by atoms with E-state index in [0.717, 1.165) is 42.7 Å². The lowest BCUT2D eigenvalue weighted by atomic mass is 9.81. The van der Waals surface area contributed by atoms with Crippen LogP contribution in [0.3, 0.4) is 0 Å². The molecule has 2 aromatic carbocycles. The van der Waals surface area contributed by atoms with Crippen LogP contribution >= 0.6 is 0 Å². The second-order valence-electron chi connectivity index (χ2n) is 9.56. The maximum absolute atomic E-state index is 6.26. The number of rotatable bonds is 4. The Kier molecular flexibility index (Phi) is 6.27. The van der Waals surface area contributed by atoms with Gasteiger partial charge < -0.3 is 4.74 Å². The van der Waals surface area contributed by atoms with Gasteiger partial charge >= 0.3 is 0 Å². The summed E-state index contributed by atoms with van der Waals surface area (Å²) in [6, 6.07) is 19.7. The van der Waals surface area contributed by atoms with Crippen molar-refractivity contribution in [2.45, 2.75) is 81.5 Å². The molecule has 1 saturated heterocycles. The molecule has 2 aliphatic carbocycles. The number of ether oxygens (including phenoxy) is 1. The molecular weight excluding hydrogens is 384 g/mol. The van der Waals surface area contributed by atoms with Crippen molar-refractivity contribution < 1.29 is 14.5 Å². The maximum atomic E-state index is 6.26. The predicted molar refractivity (Wildman–Crippen MR) is 124 cm³/mol. The highest BCUT2D eigenvalue weighted by Gasteiger charge is 2.43. The minimum Gasteiger partial charge on any atom is -0.344 e. The molecule has 1 unspecified atom stereocenters. The number of hydrogen-bond donors (Lipinski definition) is 0. The van der Waals surface area contributed by atoms with Gasteiger partial charge in [0.2, 0.25) is 5.79 Å². The largest absolute Gasteiger partial charge is 0.344 e. The normalized spacial score (nSPS) is 29.7. The number of benzene rings is 2. The smallest absolute Gasteiger partial charge is 0.201 e. The molecule has 3 aliphatic rings. The highest BCUT2D eigenvalue weighted by molar-refractivity contribution is 5.67. The molecule has 1 spiro atoms. The molecule has 5 rings (SSSR count). The summed E-state index contributed by atoms with van der Waals surface area (Å²) in [4.78, 5) is 11.7.